The maximum absolute atomic E-state index is 13.4. The van der Waals surface area contributed by atoms with Crippen LogP contribution in [0.2, 0.25) is 0 Å². The molecular weight excluding hydrogens is 281 g/mol. The molecule has 1 aliphatic rings. The summed E-state index contributed by atoms with van der Waals surface area (Å²) in [6, 6.07) is 7.77. The van der Waals surface area contributed by atoms with Gasteiger partial charge in [0.1, 0.15) is 5.82 Å². The number of rotatable bonds is 4. The Morgan fingerprint density at radius 3 is 2.67 bits per heavy atom. The zero-order valence-corrected chi connectivity index (χ0v) is 13.5. The molecule has 0 aliphatic heterocycles. The van der Waals surface area contributed by atoms with Gasteiger partial charge in [0.15, 0.2) is 0 Å². The molecule has 0 radical (unpaired) electrons. The highest BCUT2D eigenvalue weighted by molar-refractivity contribution is 7.19. The minimum atomic E-state index is -0.138. The Hall–Kier alpha value is -0.930. The van der Waals surface area contributed by atoms with Crippen LogP contribution in [0.15, 0.2) is 24.3 Å². The lowest BCUT2D eigenvalue weighted by Crippen LogP contribution is -2.27. The van der Waals surface area contributed by atoms with E-state index in [1.807, 2.05) is 17.4 Å². The molecule has 1 nitrogen and oxygen atoms in total. The third kappa shape index (κ3) is 3.46. The second kappa shape index (κ2) is 6.89. The molecule has 114 valence electrons. The highest BCUT2D eigenvalue weighted by atomic mass is 32.1. The van der Waals surface area contributed by atoms with E-state index in [-0.39, 0.29) is 5.82 Å². The van der Waals surface area contributed by atoms with Crippen LogP contribution in [0.25, 0.3) is 10.1 Å². The summed E-state index contributed by atoms with van der Waals surface area (Å²) in [5, 5.41) is 4.74. The first-order chi connectivity index (χ1) is 10.3. The van der Waals surface area contributed by atoms with Gasteiger partial charge < -0.3 is 5.32 Å². The summed E-state index contributed by atoms with van der Waals surface area (Å²) >= 11 is 1.83. The van der Waals surface area contributed by atoms with Crippen LogP contribution >= 0.6 is 11.3 Å². The smallest absolute Gasteiger partial charge is 0.123 e. The summed E-state index contributed by atoms with van der Waals surface area (Å²) in [5.41, 5.74) is 0. The first-order valence-corrected chi connectivity index (χ1v) is 9.02. The lowest BCUT2D eigenvalue weighted by Gasteiger charge is -2.26. The number of hydrogen-bond acceptors (Lipinski definition) is 2. The Balaban J connectivity index is 1.90. The van der Waals surface area contributed by atoms with Gasteiger partial charge in [0.05, 0.1) is 0 Å². The molecule has 0 spiro atoms. The third-order valence-electron chi connectivity index (χ3n) is 4.60. The van der Waals surface area contributed by atoms with Gasteiger partial charge in [0.25, 0.3) is 0 Å². The van der Waals surface area contributed by atoms with Gasteiger partial charge in [-0.2, -0.15) is 0 Å². The Bertz CT molecular complexity index is 584. The average Bonchev–Trinajstić information content (AvgIpc) is 2.70. The summed E-state index contributed by atoms with van der Waals surface area (Å²) in [4.78, 5) is 1.38. The van der Waals surface area contributed by atoms with E-state index in [9.17, 15) is 4.39 Å². The van der Waals surface area contributed by atoms with Crippen LogP contribution in [-0.4, -0.2) is 6.54 Å². The molecule has 3 rings (SSSR count). The van der Waals surface area contributed by atoms with Gasteiger partial charge in [0, 0.05) is 15.6 Å². The van der Waals surface area contributed by atoms with Gasteiger partial charge in [0.2, 0.25) is 0 Å². The molecule has 1 aromatic carbocycles. The highest BCUT2D eigenvalue weighted by Gasteiger charge is 2.25. The van der Waals surface area contributed by atoms with E-state index in [1.165, 1.54) is 48.1 Å². The van der Waals surface area contributed by atoms with Crippen LogP contribution in [0.3, 0.4) is 0 Å². The molecule has 1 aromatic heterocycles. The van der Waals surface area contributed by atoms with E-state index in [0.29, 0.717) is 6.04 Å². The largest absolute Gasteiger partial charge is 0.309 e. The maximum atomic E-state index is 13.4. The molecule has 0 bridgehead atoms. The van der Waals surface area contributed by atoms with Crippen LogP contribution < -0.4 is 5.32 Å². The molecule has 1 atom stereocenters. The molecule has 1 aliphatic carbocycles. The van der Waals surface area contributed by atoms with Crippen molar-refractivity contribution in [2.75, 3.05) is 6.54 Å². The van der Waals surface area contributed by atoms with Gasteiger partial charge in [-0.25, -0.2) is 4.39 Å². The Labute approximate surface area is 130 Å². The van der Waals surface area contributed by atoms with Crippen molar-refractivity contribution in [3.8, 4) is 0 Å². The summed E-state index contributed by atoms with van der Waals surface area (Å²) in [6.45, 7) is 3.17. The van der Waals surface area contributed by atoms with E-state index >= 15 is 0 Å². The predicted molar refractivity (Wildman–Crippen MR) is 89.4 cm³/mol. The Morgan fingerprint density at radius 1 is 1.19 bits per heavy atom. The van der Waals surface area contributed by atoms with Crippen LogP contribution in [0.1, 0.15) is 56.4 Å². The summed E-state index contributed by atoms with van der Waals surface area (Å²) in [7, 11) is 0. The normalized spacial score (nSPS) is 18.8. The number of halogens is 1. The average molecular weight is 305 g/mol. The first kappa shape index (κ1) is 15.0. The number of fused-ring (bicyclic) bond motifs is 1. The van der Waals surface area contributed by atoms with Gasteiger partial charge in [-0.05, 0) is 55.0 Å². The standard InChI is InChI=1S/C18H24FNS/c1-2-20-18(13-7-5-3-4-6-8-13)17-12-14-11-15(19)9-10-16(14)21-17/h9-13,18,20H,2-8H2,1H3. The number of thiophene rings is 1. The summed E-state index contributed by atoms with van der Waals surface area (Å²) < 4.78 is 14.6. The van der Waals surface area contributed by atoms with Crippen LogP contribution in [0.5, 0.6) is 0 Å². The topological polar surface area (TPSA) is 12.0 Å². The van der Waals surface area contributed by atoms with Crippen LogP contribution in [0, 0.1) is 11.7 Å². The third-order valence-corrected chi connectivity index (χ3v) is 5.80. The number of benzene rings is 1. The van der Waals surface area contributed by atoms with Crippen molar-refractivity contribution in [3.05, 3.63) is 35.0 Å². The van der Waals surface area contributed by atoms with Gasteiger partial charge in [-0.1, -0.05) is 32.6 Å². The van der Waals surface area contributed by atoms with Crippen LogP contribution in [0.4, 0.5) is 4.39 Å². The number of hydrogen-bond donors (Lipinski definition) is 1. The van der Waals surface area contributed by atoms with Crippen molar-refractivity contribution in [2.24, 2.45) is 5.92 Å². The minimum absolute atomic E-state index is 0.138. The van der Waals surface area contributed by atoms with E-state index in [2.05, 4.69) is 18.3 Å². The fourth-order valence-electron chi connectivity index (χ4n) is 3.55. The zero-order chi connectivity index (χ0) is 14.7. The molecule has 1 heterocycles. The monoisotopic (exact) mass is 305 g/mol. The second-order valence-electron chi connectivity index (χ2n) is 6.12. The van der Waals surface area contributed by atoms with Crippen molar-refractivity contribution < 1.29 is 4.39 Å². The predicted octanol–water partition coefficient (Wildman–Crippen LogP) is 5.66. The molecule has 1 N–H and O–H groups in total. The molecule has 1 fully saturated rings. The van der Waals surface area contributed by atoms with Gasteiger partial charge in [-0.15, -0.1) is 11.3 Å². The van der Waals surface area contributed by atoms with E-state index in [4.69, 9.17) is 0 Å². The maximum Gasteiger partial charge on any atom is 0.123 e. The fraction of sp³-hybridized carbons (Fsp3) is 0.556. The first-order valence-electron chi connectivity index (χ1n) is 8.20. The molecule has 21 heavy (non-hydrogen) atoms. The fourth-order valence-corrected chi connectivity index (χ4v) is 4.77. The number of nitrogens with one attached hydrogen (secondary N) is 1. The Morgan fingerprint density at radius 2 is 1.95 bits per heavy atom. The lowest BCUT2D eigenvalue weighted by molar-refractivity contribution is 0.334. The molecule has 1 saturated carbocycles. The highest BCUT2D eigenvalue weighted by Crippen LogP contribution is 2.38. The molecule has 0 saturated heterocycles. The van der Waals surface area contributed by atoms with Crippen molar-refractivity contribution in [2.45, 2.75) is 51.5 Å². The molecule has 2 aromatic rings. The molecule has 3 heteroatoms. The second-order valence-corrected chi connectivity index (χ2v) is 7.23. The SMILES string of the molecule is CCNC(c1cc2cc(F)ccc2s1)C1CCCCCC1. The molecule has 1 unspecified atom stereocenters. The van der Waals surface area contributed by atoms with Crippen molar-refractivity contribution >= 4 is 21.4 Å². The van der Waals surface area contributed by atoms with E-state index in [1.54, 1.807) is 12.1 Å². The lowest BCUT2D eigenvalue weighted by atomic mass is 9.90. The Kier molecular flexibility index (Phi) is 4.91. The molecule has 0 amide bonds. The summed E-state index contributed by atoms with van der Waals surface area (Å²) in [5.74, 6) is 0.590. The van der Waals surface area contributed by atoms with Gasteiger partial charge in [-0.3, -0.25) is 0 Å². The van der Waals surface area contributed by atoms with Crippen LogP contribution in [-0.2, 0) is 0 Å². The van der Waals surface area contributed by atoms with E-state index < -0.39 is 0 Å². The summed E-state index contributed by atoms with van der Waals surface area (Å²) in [6.07, 6.45) is 8.11. The quantitative estimate of drug-likeness (QED) is 0.718. The molecular formula is C18H24FNS. The van der Waals surface area contributed by atoms with Gasteiger partial charge >= 0.3 is 0 Å². The van der Waals surface area contributed by atoms with Crippen molar-refractivity contribution in [3.63, 3.8) is 0 Å². The minimum Gasteiger partial charge on any atom is -0.309 e. The van der Waals surface area contributed by atoms with Crippen molar-refractivity contribution in [1.82, 2.24) is 5.32 Å². The van der Waals surface area contributed by atoms with E-state index in [0.717, 1.165) is 17.8 Å². The zero-order valence-electron chi connectivity index (χ0n) is 12.7. The van der Waals surface area contributed by atoms with Crippen molar-refractivity contribution in [1.29, 1.82) is 0 Å².